The first-order chi connectivity index (χ1) is 7.50. The molecule has 0 aliphatic carbocycles. The molecule has 16 heavy (non-hydrogen) atoms. The zero-order valence-corrected chi connectivity index (χ0v) is 8.64. The van der Waals surface area contributed by atoms with Crippen LogP contribution < -0.4 is 10.9 Å². The number of aromatic nitrogens is 5. The third-order valence-corrected chi connectivity index (χ3v) is 2.65. The lowest BCUT2D eigenvalue weighted by Gasteiger charge is -2.05. The number of nitrogen functional groups attached to an aromatic ring is 1. The lowest BCUT2D eigenvalue weighted by Crippen LogP contribution is -2.16. The van der Waals surface area contributed by atoms with Crippen LogP contribution in [-0.2, 0) is 10.0 Å². The topological polar surface area (TPSA) is 154 Å². The number of nitrogens with one attached hydrogen (secondary N) is 1. The fourth-order valence-corrected chi connectivity index (χ4v) is 1.88. The molecule has 0 aliphatic heterocycles. The van der Waals surface area contributed by atoms with Crippen LogP contribution in [0.3, 0.4) is 0 Å². The van der Waals surface area contributed by atoms with Crippen LogP contribution in [0.2, 0.25) is 0 Å². The van der Waals surface area contributed by atoms with Crippen molar-refractivity contribution in [2.75, 3.05) is 5.73 Å². The zero-order valence-electron chi connectivity index (χ0n) is 7.82. The lowest BCUT2D eigenvalue weighted by atomic mass is 10.2. The van der Waals surface area contributed by atoms with E-state index in [0.29, 0.717) is 0 Å². The van der Waals surface area contributed by atoms with E-state index in [-0.39, 0.29) is 22.1 Å². The summed E-state index contributed by atoms with van der Waals surface area (Å²) in [4.78, 5) is 3.66. The predicted octanol–water partition coefficient (Wildman–Crippen LogP) is -1.51. The molecular weight excluding hydrogens is 234 g/mol. The second-order valence-electron chi connectivity index (χ2n) is 2.88. The summed E-state index contributed by atoms with van der Waals surface area (Å²) in [7, 11) is -3.99. The van der Waals surface area contributed by atoms with E-state index in [1.807, 2.05) is 0 Å². The number of anilines is 1. The molecule has 2 aromatic heterocycles. The molecule has 84 valence electrons. The molecule has 10 heteroatoms. The minimum absolute atomic E-state index is 0.0648. The van der Waals surface area contributed by atoms with Gasteiger partial charge in [0.05, 0.1) is 5.56 Å². The van der Waals surface area contributed by atoms with E-state index in [9.17, 15) is 8.42 Å². The van der Waals surface area contributed by atoms with Crippen molar-refractivity contribution in [2.45, 2.75) is 5.03 Å². The third kappa shape index (κ3) is 1.70. The van der Waals surface area contributed by atoms with Gasteiger partial charge in [-0.1, -0.05) is 0 Å². The van der Waals surface area contributed by atoms with Gasteiger partial charge in [-0.3, -0.25) is 0 Å². The Morgan fingerprint density at radius 2 is 2.12 bits per heavy atom. The summed E-state index contributed by atoms with van der Waals surface area (Å²) < 4.78 is 22.6. The Morgan fingerprint density at radius 1 is 1.38 bits per heavy atom. The summed E-state index contributed by atoms with van der Waals surface area (Å²) in [5.74, 6) is 0.0922. The Hall–Kier alpha value is -2.07. The average molecular weight is 241 g/mol. The van der Waals surface area contributed by atoms with Gasteiger partial charge in [-0.25, -0.2) is 23.6 Å². The standard InChI is InChI=1S/C6H7N7O2S/c7-3-1-2-9-6(16(8,14)15)4(3)5-10-12-13-11-5/h1-2H,(H2,7,9)(H2,8,14,15)(H,10,11,12,13). The molecule has 9 nitrogen and oxygen atoms in total. The van der Waals surface area contributed by atoms with Gasteiger partial charge in [0.1, 0.15) is 0 Å². The SMILES string of the molecule is Nc1ccnc(S(N)(=O)=O)c1-c1nnn[nH]1. The highest BCUT2D eigenvalue weighted by atomic mass is 32.2. The number of rotatable bonds is 2. The predicted molar refractivity (Wildman–Crippen MR) is 53.2 cm³/mol. The lowest BCUT2D eigenvalue weighted by molar-refractivity contribution is 0.594. The number of H-pyrrole nitrogens is 1. The maximum Gasteiger partial charge on any atom is 0.256 e. The van der Waals surface area contributed by atoms with Crippen molar-refractivity contribution in [3.63, 3.8) is 0 Å². The normalized spacial score (nSPS) is 11.6. The van der Waals surface area contributed by atoms with Crippen molar-refractivity contribution in [2.24, 2.45) is 5.14 Å². The summed E-state index contributed by atoms with van der Waals surface area (Å²) in [5, 5.41) is 17.2. The molecule has 0 fully saturated rings. The van der Waals surface area contributed by atoms with Crippen LogP contribution in [0.1, 0.15) is 0 Å². The van der Waals surface area contributed by atoms with E-state index in [0.717, 1.165) is 0 Å². The molecule has 0 aromatic carbocycles. The largest absolute Gasteiger partial charge is 0.398 e. The Balaban J connectivity index is 2.78. The molecule has 0 radical (unpaired) electrons. The van der Waals surface area contributed by atoms with Crippen LogP contribution in [0.5, 0.6) is 0 Å². The number of primary sulfonamides is 1. The smallest absolute Gasteiger partial charge is 0.256 e. The Kier molecular flexibility index (Phi) is 2.29. The molecule has 0 saturated heterocycles. The van der Waals surface area contributed by atoms with Crippen molar-refractivity contribution >= 4 is 15.7 Å². The summed E-state index contributed by atoms with van der Waals surface area (Å²) in [6.07, 6.45) is 1.24. The van der Waals surface area contributed by atoms with Gasteiger partial charge in [0, 0.05) is 11.9 Å². The van der Waals surface area contributed by atoms with Gasteiger partial charge >= 0.3 is 0 Å². The van der Waals surface area contributed by atoms with Crippen molar-refractivity contribution in [1.82, 2.24) is 25.6 Å². The van der Waals surface area contributed by atoms with Gasteiger partial charge in [0.25, 0.3) is 10.0 Å². The maximum absolute atomic E-state index is 11.3. The number of aromatic amines is 1. The van der Waals surface area contributed by atoms with Gasteiger partial charge in [0.2, 0.25) is 0 Å². The van der Waals surface area contributed by atoms with E-state index in [1.54, 1.807) is 0 Å². The maximum atomic E-state index is 11.3. The molecule has 0 bridgehead atoms. The summed E-state index contributed by atoms with van der Waals surface area (Å²) in [6.45, 7) is 0. The van der Waals surface area contributed by atoms with Gasteiger partial charge in [-0.15, -0.1) is 5.10 Å². The Bertz CT molecular complexity index is 606. The first-order valence-electron chi connectivity index (χ1n) is 4.01. The Morgan fingerprint density at radius 3 is 2.69 bits per heavy atom. The third-order valence-electron chi connectivity index (χ3n) is 1.80. The molecule has 2 aromatic rings. The first kappa shape index (κ1) is 10.4. The van der Waals surface area contributed by atoms with Crippen molar-refractivity contribution in [3.05, 3.63) is 12.3 Å². The van der Waals surface area contributed by atoms with E-state index in [1.165, 1.54) is 12.3 Å². The quantitative estimate of drug-likeness (QED) is 0.577. The summed E-state index contributed by atoms with van der Waals surface area (Å²) >= 11 is 0. The van der Waals surface area contributed by atoms with E-state index in [4.69, 9.17) is 10.9 Å². The monoisotopic (exact) mass is 241 g/mol. The fourth-order valence-electron chi connectivity index (χ4n) is 1.18. The fraction of sp³-hybridized carbons (Fsp3) is 0. The van der Waals surface area contributed by atoms with Gasteiger partial charge in [-0.2, -0.15) is 0 Å². The van der Waals surface area contributed by atoms with Crippen molar-refractivity contribution in [3.8, 4) is 11.4 Å². The average Bonchev–Trinajstić information content (AvgIpc) is 2.68. The molecule has 0 saturated carbocycles. The molecule has 2 rings (SSSR count). The molecule has 0 unspecified atom stereocenters. The number of hydrogen-bond donors (Lipinski definition) is 3. The minimum Gasteiger partial charge on any atom is -0.398 e. The number of sulfonamides is 1. The van der Waals surface area contributed by atoms with Gasteiger partial charge < -0.3 is 5.73 Å². The van der Waals surface area contributed by atoms with Crippen molar-refractivity contribution in [1.29, 1.82) is 0 Å². The highest BCUT2D eigenvalue weighted by Gasteiger charge is 2.21. The second kappa shape index (κ2) is 3.50. The van der Waals surface area contributed by atoms with Crippen molar-refractivity contribution < 1.29 is 8.42 Å². The van der Waals surface area contributed by atoms with Gasteiger partial charge in [-0.05, 0) is 16.5 Å². The molecule has 0 atom stereocenters. The molecule has 5 N–H and O–H groups in total. The zero-order chi connectivity index (χ0) is 11.8. The Labute approximate surface area is 89.9 Å². The molecule has 2 heterocycles. The van der Waals surface area contributed by atoms with Crippen LogP contribution in [0.15, 0.2) is 17.3 Å². The number of hydrogen-bond acceptors (Lipinski definition) is 7. The molecular formula is C6H7N7O2S. The van der Waals surface area contributed by atoms with Crippen LogP contribution >= 0.6 is 0 Å². The van der Waals surface area contributed by atoms with Crippen LogP contribution in [0, 0.1) is 0 Å². The second-order valence-corrected chi connectivity index (χ2v) is 4.35. The van der Waals surface area contributed by atoms with E-state index in [2.05, 4.69) is 25.6 Å². The number of nitrogens with two attached hydrogens (primary N) is 2. The van der Waals surface area contributed by atoms with Crippen LogP contribution in [0.4, 0.5) is 5.69 Å². The van der Waals surface area contributed by atoms with E-state index >= 15 is 0 Å². The highest BCUT2D eigenvalue weighted by Crippen LogP contribution is 2.26. The summed E-state index contributed by atoms with van der Waals surface area (Å²) in [6, 6.07) is 1.42. The first-order valence-corrected chi connectivity index (χ1v) is 5.56. The van der Waals surface area contributed by atoms with Crippen LogP contribution in [-0.4, -0.2) is 34.0 Å². The number of tetrazole rings is 1. The van der Waals surface area contributed by atoms with Crippen LogP contribution in [0.25, 0.3) is 11.4 Å². The van der Waals surface area contributed by atoms with E-state index < -0.39 is 10.0 Å². The molecule has 0 spiro atoms. The molecule has 0 amide bonds. The minimum atomic E-state index is -3.99. The number of nitrogens with zero attached hydrogens (tertiary/aromatic N) is 4. The molecule has 0 aliphatic rings. The number of pyridine rings is 1. The summed E-state index contributed by atoms with van der Waals surface area (Å²) in [5.41, 5.74) is 5.86. The highest BCUT2D eigenvalue weighted by molar-refractivity contribution is 7.89. The van der Waals surface area contributed by atoms with Gasteiger partial charge in [0.15, 0.2) is 10.9 Å².